The molecule has 8 heteroatoms. The zero-order valence-electron chi connectivity index (χ0n) is 33.9. The molecule has 0 atom stereocenters. The summed E-state index contributed by atoms with van der Waals surface area (Å²) < 4.78 is 16.4. The third kappa shape index (κ3) is 37.4. The maximum Gasteiger partial charge on any atom is 0.307 e. The van der Waals surface area contributed by atoms with Crippen LogP contribution in [0.2, 0.25) is 0 Å². The van der Waals surface area contributed by atoms with Gasteiger partial charge in [-0.1, -0.05) is 128 Å². The number of carbonyl (C=O) groups is 3. The molecule has 0 radical (unpaired) electrons. The Morgan fingerprint density at radius 3 is 1.41 bits per heavy atom. The smallest absolute Gasteiger partial charge is 0.307 e. The van der Waals surface area contributed by atoms with E-state index in [9.17, 15) is 14.4 Å². The third-order valence-electron chi connectivity index (χ3n) is 9.15. The second-order valence-corrected chi connectivity index (χ2v) is 14.7. The van der Waals surface area contributed by atoms with Crippen LogP contribution >= 0.6 is 0 Å². The molecule has 0 bridgehead atoms. The van der Waals surface area contributed by atoms with Gasteiger partial charge in [-0.2, -0.15) is 0 Å². The van der Waals surface area contributed by atoms with Crippen LogP contribution in [0.1, 0.15) is 174 Å². The molecule has 0 N–H and O–H groups in total. The van der Waals surface area contributed by atoms with Crippen molar-refractivity contribution in [3.63, 3.8) is 0 Å². The first-order chi connectivity index (χ1) is 24.8. The van der Waals surface area contributed by atoms with E-state index in [4.69, 9.17) is 14.2 Å². The highest BCUT2D eigenvalue weighted by molar-refractivity contribution is 5.70. The van der Waals surface area contributed by atoms with E-state index in [1.54, 1.807) is 0 Å². The Morgan fingerprint density at radius 1 is 0.510 bits per heavy atom. The molecule has 0 spiro atoms. The van der Waals surface area contributed by atoms with Gasteiger partial charge in [0.25, 0.3) is 0 Å². The molecule has 0 saturated heterocycles. The minimum Gasteiger partial charge on any atom is -0.465 e. The molecular formula is C43H80N2O6. The number of unbranched alkanes of at least 4 members (excludes halogenated alkanes) is 16. The third-order valence-corrected chi connectivity index (χ3v) is 9.15. The molecule has 0 aliphatic carbocycles. The van der Waals surface area contributed by atoms with Crippen LogP contribution < -0.4 is 0 Å². The van der Waals surface area contributed by atoms with Gasteiger partial charge in [0.05, 0.1) is 13.0 Å². The van der Waals surface area contributed by atoms with Gasteiger partial charge in [0.2, 0.25) is 0 Å². The van der Waals surface area contributed by atoms with E-state index in [-0.39, 0.29) is 17.9 Å². The lowest BCUT2D eigenvalue weighted by molar-refractivity contribution is -0.146. The SMILES string of the molecule is CCCCCC/C=C\COC(=O)CCCCCCCC(CCCCCCCC(=O)OC/C=C\CCCCCC)COC(=O)CCN(C)CN(C)C. The Labute approximate surface area is 314 Å². The lowest BCUT2D eigenvalue weighted by Gasteiger charge is -2.21. The van der Waals surface area contributed by atoms with Gasteiger partial charge in [0.15, 0.2) is 0 Å². The van der Waals surface area contributed by atoms with Crippen LogP contribution in [-0.2, 0) is 28.6 Å². The molecule has 0 aromatic carbocycles. The second kappa shape index (κ2) is 37.6. The van der Waals surface area contributed by atoms with Gasteiger partial charge >= 0.3 is 17.9 Å². The standard InChI is InChI=1S/C43H80N2O6/c1-6-8-10-12-14-22-28-36-49-41(46)32-26-20-16-18-24-30-40(38-51-43(48)34-35-45(5)39-44(3)4)31-25-19-17-21-27-33-42(47)50-37-29-23-15-13-11-9-7-2/h22-23,28-29,40H,6-21,24-27,30-39H2,1-5H3/b28-22-,29-23-. The summed E-state index contributed by atoms with van der Waals surface area (Å²) in [5.74, 6) is 0.0558. The number of allylic oxidation sites excluding steroid dienone is 2. The van der Waals surface area contributed by atoms with E-state index in [0.29, 0.717) is 51.5 Å². The van der Waals surface area contributed by atoms with Crippen LogP contribution in [0.25, 0.3) is 0 Å². The molecule has 0 aromatic heterocycles. The maximum absolute atomic E-state index is 12.5. The largest absolute Gasteiger partial charge is 0.465 e. The van der Waals surface area contributed by atoms with Crippen molar-refractivity contribution in [3.8, 4) is 0 Å². The quantitative estimate of drug-likeness (QED) is 0.0206. The van der Waals surface area contributed by atoms with Crippen molar-refractivity contribution < 1.29 is 28.6 Å². The molecule has 51 heavy (non-hydrogen) atoms. The normalized spacial score (nSPS) is 11.8. The molecular weight excluding hydrogens is 640 g/mol. The average Bonchev–Trinajstić information content (AvgIpc) is 3.10. The highest BCUT2D eigenvalue weighted by atomic mass is 16.5. The zero-order chi connectivity index (χ0) is 37.6. The number of hydrogen-bond acceptors (Lipinski definition) is 8. The monoisotopic (exact) mass is 721 g/mol. The van der Waals surface area contributed by atoms with Gasteiger partial charge in [-0.3, -0.25) is 24.2 Å². The minimum absolute atomic E-state index is 0.100. The summed E-state index contributed by atoms with van der Waals surface area (Å²) >= 11 is 0. The van der Waals surface area contributed by atoms with E-state index < -0.39 is 0 Å². The van der Waals surface area contributed by atoms with Crippen LogP contribution in [0.5, 0.6) is 0 Å². The summed E-state index contributed by atoms with van der Waals surface area (Å²) in [6.07, 6.45) is 34.3. The lowest BCUT2D eigenvalue weighted by atomic mass is 9.94. The van der Waals surface area contributed by atoms with E-state index in [1.807, 2.05) is 33.3 Å². The average molecular weight is 721 g/mol. The molecule has 0 unspecified atom stereocenters. The van der Waals surface area contributed by atoms with Crippen molar-refractivity contribution in [3.05, 3.63) is 24.3 Å². The Kier molecular flexibility index (Phi) is 36.0. The molecule has 0 amide bonds. The van der Waals surface area contributed by atoms with Gasteiger partial charge in [0, 0.05) is 26.1 Å². The highest BCUT2D eigenvalue weighted by Crippen LogP contribution is 2.20. The fraction of sp³-hybridized carbons (Fsp3) is 0.837. The number of esters is 3. The zero-order valence-corrected chi connectivity index (χ0v) is 33.9. The van der Waals surface area contributed by atoms with Crippen molar-refractivity contribution in [1.82, 2.24) is 9.80 Å². The van der Waals surface area contributed by atoms with Crippen molar-refractivity contribution >= 4 is 17.9 Å². The summed E-state index contributed by atoms with van der Waals surface area (Å²) in [5.41, 5.74) is 0. The van der Waals surface area contributed by atoms with Gasteiger partial charge in [-0.15, -0.1) is 0 Å². The molecule has 0 aliphatic rings. The molecule has 0 heterocycles. The first-order valence-corrected chi connectivity index (χ1v) is 20.9. The van der Waals surface area contributed by atoms with E-state index in [1.165, 1.54) is 51.4 Å². The molecule has 8 nitrogen and oxygen atoms in total. The number of hydrogen-bond donors (Lipinski definition) is 0. The van der Waals surface area contributed by atoms with Gasteiger partial charge in [-0.05, 0) is 78.4 Å². The first-order valence-electron chi connectivity index (χ1n) is 20.9. The van der Waals surface area contributed by atoms with Gasteiger partial charge in [0.1, 0.15) is 13.2 Å². The van der Waals surface area contributed by atoms with Crippen molar-refractivity contribution in [2.45, 2.75) is 174 Å². The highest BCUT2D eigenvalue weighted by Gasteiger charge is 2.13. The lowest BCUT2D eigenvalue weighted by Crippen LogP contribution is -2.32. The van der Waals surface area contributed by atoms with Crippen LogP contribution in [0.4, 0.5) is 0 Å². The topological polar surface area (TPSA) is 85.4 Å². The predicted octanol–water partition coefficient (Wildman–Crippen LogP) is 10.6. The number of ether oxygens (including phenoxy) is 3. The van der Waals surface area contributed by atoms with Crippen molar-refractivity contribution in [1.29, 1.82) is 0 Å². The van der Waals surface area contributed by atoms with Crippen LogP contribution in [-0.4, -0.2) is 81.9 Å². The van der Waals surface area contributed by atoms with Crippen molar-refractivity contribution in [2.24, 2.45) is 5.92 Å². The van der Waals surface area contributed by atoms with Gasteiger partial charge < -0.3 is 14.2 Å². The summed E-state index contributed by atoms with van der Waals surface area (Å²) in [6.45, 7) is 7.20. The van der Waals surface area contributed by atoms with E-state index in [2.05, 4.69) is 35.8 Å². The Morgan fingerprint density at radius 2 is 0.941 bits per heavy atom. The maximum atomic E-state index is 12.5. The summed E-state index contributed by atoms with van der Waals surface area (Å²) in [7, 11) is 6.06. The second-order valence-electron chi connectivity index (χ2n) is 14.7. The molecule has 0 rings (SSSR count). The Balaban J connectivity index is 4.26. The number of rotatable bonds is 37. The van der Waals surface area contributed by atoms with Gasteiger partial charge in [-0.25, -0.2) is 0 Å². The predicted molar refractivity (Wildman–Crippen MR) is 213 cm³/mol. The van der Waals surface area contributed by atoms with Crippen LogP contribution in [0.15, 0.2) is 24.3 Å². The van der Waals surface area contributed by atoms with Crippen molar-refractivity contribution in [2.75, 3.05) is 54.2 Å². The molecule has 0 saturated carbocycles. The molecule has 298 valence electrons. The summed E-state index contributed by atoms with van der Waals surface area (Å²) in [5, 5.41) is 0. The van der Waals surface area contributed by atoms with Crippen LogP contribution in [0, 0.1) is 5.92 Å². The Bertz CT molecular complexity index is 823. The number of nitrogens with zero attached hydrogens (tertiary/aromatic N) is 2. The first kappa shape index (κ1) is 48.8. The number of carbonyl (C=O) groups excluding carboxylic acids is 3. The fourth-order valence-electron chi connectivity index (χ4n) is 6.07. The van der Waals surface area contributed by atoms with E-state index in [0.717, 1.165) is 96.6 Å². The summed E-state index contributed by atoms with van der Waals surface area (Å²) in [4.78, 5) is 40.8. The Hall–Kier alpha value is -2.19. The molecule has 0 aromatic rings. The summed E-state index contributed by atoms with van der Waals surface area (Å²) in [6, 6.07) is 0. The fourth-order valence-corrected chi connectivity index (χ4v) is 6.07. The molecule has 0 aliphatic heterocycles. The molecule has 0 fully saturated rings. The van der Waals surface area contributed by atoms with E-state index >= 15 is 0 Å². The van der Waals surface area contributed by atoms with Crippen LogP contribution in [0.3, 0.4) is 0 Å². The minimum atomic E-state index is -0.116.